The highest BCUT2D eigenvalue weighted by Gasteiger charge is 2.51. The molecular weight excluding hydrogens is 212 g/mol. The van der Waals surface area contributed by atoms with E-state index in [-0.39, 0.29) is 5.97 Å². The minimum absolute atomic E-state index is 0.218. The molecule has 94 valence electrons. The first-order valence-electron chi connectivity index (χ1n) is 6.97. The van der Waals surface area contributed by atoms with E-state index in [2.05, 4.69) is 6.58 Å². The van der Waals surface area contributed by atoms with Crippen LogP contribution < -0.4 is 0 Å². The van der Waals surface area contributed by atoms with Crippen LogP contribution in [0.1, 0.15) is 39.0 Å². The third-order valence-corrected chi connectivity index (χ3v) is 5.28. The second-order valence-corrected chi connectivity index (χ2v) is 6.38. The highest BCUT2D eigenvalue weighted by atomic mass is 16.5. The standard InChI is InChI=1S/C15H22O2/c1-9(2)15(16)17-8-10-5-13-11-3-4-12(7-11)14(13)6-10/h10-14H,1,3-8H2,2H3/t10?,11?,12?,13-,14?/m1/s1. The molecule has 0 aliphatic heterocycles. The second-order valence-electron chi connectivity index (χ2n) is 6.38. The lowest BCUT2D eigenvalue weighted by molar-refractivity contribution is -0.140. The van der Waals surface area contributed by atoms with Gasteiger partial charge in [-0.2, -0.15) is 0 Å². The van der Waals surface area contributed by atoms with Crippen molar-refractivity contribution < 1.29 is 9.53 Å². The fourth-order valence-electron chi connectivity index (χ4n) is 4.58. The van der Waals surface area contributed by atoms with Crippen molar-refractivity contribution in [2.45, 2.75) is 39.0 Å². The van der Waals surface area contributed by atoms with Gasteiger partial charge in [0.05, 0.1) is 6.61 Å². The summed E-state index contributed by atoms with van der Waals surface area (Å²) in [6.07, 6.45) is 7.02. The Labute approximate surface area is 103 Å². The molecule has 0 amide bonds. The van der Waals surface area contributed by atoms with Crippen molar-refractivity contribution in [3.05, 3.63) is 12.2 Å². The van der Waals surface area contributed by atoms with Gasteiger partial charge in [0, 0.05) is 5.57 Å². The summed E-state index contributed by atoms with van der Waals surface area (Å²) in [5.41, 5.74) is 0.517. The van der Waals surface area contributed by atoms with Crippen molar-refractivity contribution in [2.24, 2.45) is 29.6 Å². The molecule has 0 aromatic rings. The van der Waals surface area contributed by atoms with Crippen LogP contribution in [0.15, 0.2) is 12.2 Å². The fourth-order valence-corrected chi connectivity index (χ4v) is 4.58. The number of ether oxygens (including phenoxy) is 1. The molecule has 0 aromatic carbocycles. The van der Waals surface area contributed by atoms with E-state index in [0.29, 0.717) is 18.1 Å². The minimum atomic E-state index is -0.218. The van der Waals surface area contributed by atoms with Crippen LogP contribution in [0.5, 0.6) is 0 Å². The predicted octanol–water partition coefficient (Wildman–Crippen LogP) is 3.18. The molecule has 2 bridgehead atoms. The molecule has 3 saturated carbocycles. The number of esters is 1. The SMILES string of the molecule is C=C(C)C(=O)OCC1CC2C3CCC(C3)[C@H]2C1. The maximum Gasteiger partial charge on any atom is 0.333 e. The summed E-state index contributed by atoms with van der Waals surface area (Å²) in [6, 6.07) is 0. The van der Waals surface area contributed by atoms with Gasteiger partial charge in [0.1, 0.15) is 0 Å². The van der Waals surface area contributed by atoms with Gasteiger partial charge < -0.3 is 4.74 Å². The molecule has 0 spiro atoms. The number of carbonyl (C=O) groups is 1. The van der Waals surface area contributed by atoms with E-state index in [1.54, 1.807) is 6.92 Å². The molecule has 0 aromatic heterocycles. The summed E-state index contributed by atoms with van der Waals surface area (Å²) in [4.78, 5) is 11.4. The Morgan fingerprint density at radius 3 is 2.29 bits per heavy atom. The van der Waals surface area contributed by atoms with Gasteiger partial charge in [-0.25, -0.2) is 4.79 Å². The summed E-state index contributed by atoms with van der Waals surface area (Å²) in [6.45, 7) is 5.95. The lowest BCUT2D eigenvalue weighted by atomic mass is 9.82. The largest absolute Gasteiger partial charge is 0.462 e. The summed E-state index contributed by atoms with van der Waals surface area (Å²) >= 11 is 0. The van der Waals surface area contributed by atoms with Gasteiger partial charge in [-0.15, -0.1) is 0 Å². The van der Waals surface area contributed by atoms with Gasteiger partial charge in [0.15, 0.2) is 0 Å². The van der Waals surface area contributed by atoms with E-state index in [1.165, 1.54) is 32.1 Å². The maximum absolute atomic E-state index is 11.4. The lowest BCUT2D eigenvalue weighted by Gasteiger charge is -2.23. The van der Waals surface area contributed by atoms with Gasteiger partial charge in [0.2, 0.25) is 0 Å². The van der Waals surface area contributed by atoms with Gasteiger partial charge in [0.25, 0.3) is 0 Å². The Hall–Kier alpha value is -0.790. The van der Waals surface area contributed by atoms with Gasteiger partial charge in [-0.1, -0.05) is 6.58 Å². The molecule has 2 nitrogen and oxygen atoms in total. The van der Waals surface area contributed by atoms with Crippen molar-refractivity contribution in [2.75, 3.05) is 6.61 Å². The van der Waals surface area contributed by atoms with Crippen molar-refractivity contribution >= 4 is 5.97 Å². The van der Waals surface area contributed by atoms with Crippen molar-refractivity contribution in [3.63, 3.8) is 0 Å². The summed E-state index contributed by atoms with van der Waals surface area (Å²) in [5.74, 6) is 4.34. The highest BCUT2D eigenvalue weighted by Crippen LogP contribution is 2.60. The molecule has 0 radical (unpaired) electrons. The summed E-state index contributed by atoms with van der Waals surface area (Å²) < 4.78 is 5.31. The zero-order chi connectivity index (χ0) is 12.0. The van der Waals surface area contributed by atoms with Crippen LogP contribution in [0.25, 0.3) is 0 Å². The fraction of sp³-hybridized carbons (Fsp3) is 0.800. The first-order chi connectivity index (χ1) is 8.15. The molecule has 2 heteroatoms. The molecule has 3 rings (SSSR count). The van der Waals surface area contributed by atoms with E-state index >= 15 is 0 Å². The normalized spacial score (nSPS) is 42.5. The monoisotopic (exact) mass is 234 g/mol. The van der Waals surface area contributed by atoms with Crippen molar-refractivity contribution in [1.82, 2.24) is 0 Å². The number of hydrogen-bond acceptors (Lipinski definition) is 2. The Balaban J connectivity index is 1.52. The second kappa shape index (κ2) is 4.15. The van der Waals surface area contributed by atoms with Crippen LogP contribution >= 0.6 is 0 Å². The zero-order valence-electron chi connectivity index (χ0n) is 10.7. The number of rotatable bonds is 3. The van der Waals surface area contributed by atoms with Crippen molar-refractivity contribution in [1.29, 1.82) is 0 Å². The first-order valence-corrected chi connectivity index (χ1v) is 6.97. The third-order valence-electron chi connectivity index (χ3n) is 5.28. The Morgan fingerprint density at radius 2 is 1.76 bits per heavy atom. The van der Waals surface area contributed by atoms with Gasteiger partial charge in [-0.05, 0) is 68.6 Å². The molecule has 4 unspecified atom stereocenters. The van der Waals surface area contributed by atoms with Crippen molar-refractivity contribution in [3.8, 4) is 0 Å². The molecule has 0 heterocycles. The Morgan fingerprint density at radius 1 is 1.18 bits per heavy atom. The maximum atomic E-state index is 11.4. The molecule has 17 heavy (non-hydrogen) atoms. The molecule has 0 N–H and O–H groups in total. The number of fused-ring (bicyclic) bond motifs is 5. The van der Waals surface area contributed by atoms with E-state index < -0.39 is 0 Å². The smallest absolute Gasteiger partial charge is 0.333 e. The average Bonchev–Trinajstić information content (AvgIpc) is 2.96. The number of carbonyl (C=O) groups excluding carboxylic acids is 1. The molecule has 3 aliphatic rings. The summed E-state index contributed by atoms with van der Waals surface area (Å²) in [5, 5.41) is 0. The lowest BCUT2D eigenvalue weighted by Crippen LogP contribution is -2.15. The summed E-state index contributed by atoms with van der Waals surface area (Å²) in [7, 11) is 0. The first kappa shape index (κ1) is 11.3. The van der Waals surface area contributed by atoms with E-state index in [1.807, 2.05) is 0 Å². The molecule has 3 aliphatic carbocycles. The van der Waals surface area contributed by atoms with Gasteiger partial charge >= 0.3 is 5.97 Å². The van der Waals surface area contributed by atoms with Crippen LogP contribution in [0, 0.1) is 29.6 Å². The molecule has 0 saturated heterocycles. The quantitative estimate of drug-likeness (QED) is 0.554. The van der Waals surface area contributed by atoms with Gasteiger partial charge in [-0.3, -0.25) is 0 Å². The van der Waals surface area contributed by atoms with Crippen LogP contribution in [0.2, 0.25) is 0 Å². The third kappa shape index (κ3) is 1.92. The highest BCUT2D eigenvalue weighted by molar-refractivity contribution is 5.86. The van der Waals surface area contributed by atoms with Crippen LogP contribution in [0.3, 0.4) is 0 Å². The number of hydrogen-bond donors (Lipinski definition) is 0. The van der Waals surface area contributed by atoms with Crippen LogP contribution in [-0.2, 0) is 9.53 Å². The molecular formula is C15H22O2. The topological polar surface area (TPSA) is 26.3 Å². The Bertz CT molecular complexity index is 329. The average molecular weight is 234 g/mol. The van der Waals surface area contributed by atoms with Crippen LogP contribution in [-0.4, -0.2) is 12.6 Å². The van der Waals surface area contributed by atoms with E-state index in [9.17, 15) is 4.79 Å². The minimum Gasteiger partial charge on any atom is -0.462 e. The Kier molecular flexibility index (Phi) is 2.76. The molecule has 3 fully saturated rings. The van der Waals surface area contributed by atoms with Crippen LogP contribution in [0.4, 0.5) is 0 Å². The van der Waals surface area contributed by atoms with E-state index in [4.69, 9.17) is 4.74 Å². The predicted molar refractivity (Wildman–Crippen MR) is 66.3 cm³/mol. The van der Waals surface area contributed by atoms with E-state index in [0.717, 1.165) is 23.7 Å². The molecule has 5 atom stereocenters. The zero-order valence-corrected chi connectivity index (χ0v) is 10.7.